The van der Waals surface area contributed by atoms with Gasteiger partial charge in [0.05, 0.1) is 22.9 Å². The molecule has 0 spiro atoms. The number of anilines is 1. The smallest absolute Gasteiger partial charge is 0.411 e. The number of aromatic nitrogens is 2. The molecule has 1 aliphatic heterocycles. The summed E-state index contributed by atoms with van der Waals surface area (Å²) >= 11 is 3.15. The number of nitrogens with one attached hydrogen (secondary N) is 2. The summed E-state index contributed by atoms with van der Waals surface area (Å²) in [6.45, 7) is 19.5. The van der Waals surface area contributed by atoms with Gasteiger partial charge in [0.1, 0.15) is 15.6 Å². The lowest BCUT2D eigenvalue weighted by molar-refractivity contribution is -0.116. The van der Waals surface area contributed by atoms with Crippen molar-refractivity contribution < 1.29 is 19.1 Å². The number of carbonyl (C=O) groups excluding carboxylic acids is 2. The Labute approximate surface area is 288 Å². The number of hydrogen-bond acceptors (Lipinski definition) is 9. The van der Waals surface area contributed by atoms with Crippen LogP contribution >= 0.6 is 22.7 Å². The molecule has 256 valence electrons. The third-order valence-corrected chi connectivity index (χ3v) is 9.67. The number of nitrogens with zero attached hydrogens (tertiary/aromatic N) is 3. The van der Waals surface area contributed by atoms with Crippen LogP contribution in [0.3, 0.4) is 0 Å². The van der Waals surface area contributed by atoms with Crippen LogP contribution in [-0.4, -0.2) is 65.3 Å². The van der Waals surface area contributed by atoms with Crippen molar-refractivity contribution in [2.24, 2.45) is 0 Å². The Morgan fingerprint density at radius 3 is 2.36 bits per heavy atom. The summed E-state index contributed by atoms with van der Waals surface area (Å²) in [5, 5.41) is 8.05. The fourth-order valence-corrected chi connectivity index (χ4v) is 7.73. The highest BCUT2D eigenvalue weighted by atomic mass is 32.1. The SMILES string of the molecule is CC.CC.COCCNCCC(=O)Nc1sc2c(c1-c1nc3cc(-c4ccncc4)ccc3s1)CC(C)N(C(=O)OC(C)(C)C)C2C. The van der Waals surface area contributed by atoms with E-state index in [0.29, 0.717) is 32.5 Å². The van der Waals surface area contributed by atoms with Crippen molar-refractivity contribution in [2.45, 2.75) is 92.8 Å². The molecular weight excluding hydrogens is 631 g/mol. The zero-order chi connectivity index (χ0) is 34.7. The molecule has 2 unspecified atom stereocenters. The van der Waals surface area contributed by atoms with Gasteiger partial charge in [-0.2, -0.15) is 0 Å². The Balaban J connectivity index is 0.00000144. The maximum absolute atomic E-state index is 13.3. The monoisotopic (exact) mass is 681 g/mol. The molecule has 4 aromatic rings. The molecule has 9 nitrogen and oxygen atoms in total. The van der Waals surface area contributed by atoms with Crippen molar-refractivity contribution in [3.63, 3.8) is 0 Å². The number of carbonyl (C=O) groups is 2. The normalized spacial score (nSPS) is 15.6. The first-order valence-corrected chi connectivity index (χ1v) is 18.2. The molecular formula is C36H51N5O4S2. The molecule has 0 bridgehead atoms. The van der Waals surface area contributed by atoms with Crippen molar-refractivity contribution in [1.29, 1.82) is 0 Å². The van der Waals surface area contributed by atoms with Crippen molar-refractivity contribution >= 4 is 49.9 Å². The number of fused-ring (bicyclic) bond motifs is 2. The lowest BCUT2D eigenvalue weighted by Gasteiger charge is -2.39. The van der Waals surface area contributed by atoms with Gasteiger partial charge in [-0.05, 0) is 82.0 Å². The molecule has 4 heterocycles. The fraction of sp³-hybridized carbons (Fsp3) is 0.500. The number of thiazole rings is 1. The second-order valence-electron chi connectivity index (χ2n) is 11.7. The average Bonchev–Trinajstić information content (AvgIpc) is 3.63. The predicted molar refractivity (Wildman–Crippen MR) is 197 cm³/mol. The van der Waals surface area contributed by atoms with Crippen LogP contribution in [0.1, 0.15) is 85.2 Å². The van der Waals surface area contributed by atoms with Gasteiger partial charge in [-0.3, -0.25) is 14.7 Å². The molecule has 1 aromatic carbocycles. The Morgan fingerprint density at radius 1 is 1.00 bits per heavy atom. The summed E-state index contributed by atoms with van der Waals surface area (Å²) in [6.07, 6.45) is 4.21. The van der Waals surface area contributed by atoms with E-state index in [2.05, 4.69) is 33.8 Å². The number of rotatable bonds is 9. The summed E-state index contributed by atoms with van der Waals surface area (Å²) in [4.78, 5) is 38.5. The van der Waals surface area contributed by atoms with E-state index >= 15 is 0 Å². The van der Waals surface area contributed by atoms with Gasteiger partial charge in [-0.15, -0.1) is 22.7 Å². The van der Waals surface area contributed by atoms with Gasteiger partial charge in [0.25, 0.3) is 0 Å². The predicted octanol–water partition coefficient (Wildman–Crippen LogP) is 8.95. The minimum absolute atomic E-state index is 0.0736. The first-order valence-electron chi connectivity index (χ1n) is 16.5. The van der Waals surface area contributed by atoms with Crippen LogP contribution in [0, 0.1) is 0 Å². The maximum atomic E-state index is 13.3. The molecule has 0 fully saturated rings. The summed E-state index contributed by atoms with van der Waals surface area (Å²) in [6, 6.07) is 9.97. The van der Waals surface area contributed by atoms with Gasteiger partial charge in [0.15, 0.2) is 0 Å². The van der Waals surface area contributed by atoms with Crippen LogP contribution in [0.4, 0.5) is 9.80 Å². The number of benzene rings is 1. The molecule has 11 heteroatoms. The van der Waals surface area contributed by atoms with E-state index in [1.165, 1.54) is 11.3 Å². The minimum atomic E-state index is -0.593. The maximum Gasteiger partial charge on any atom is 0.411 e. The number of amides is 2. The van der Waals surface area contributed by atoms with Gasteiger partial charge in [0, 0.05) is 55.5 Å². The van der Waals surface area contributed by atoms with Crippen molar-refractivity contribution in [2.75, 3.05) is 32.1 Å². The van der Waals surface area contributed by atoms with Crippen molar-refractivity contribution in [3.05, 3.63) is 53.2 Å². The Hall–Kier alpha value is -3.38. The summed E-state index contributed by atoms with van der Waals surface area (Å²) in [5.74, 6) is -0.0736. The third-order valence-electron chi connectivity index (χ3n) is 7.29. The molecule has 1 aliphatic rings. The third kappa shape index (κ3) is 9.59. The highest BCUT2D eigenvalue weighted by molar-refractivity contribution is 7.23. The molecule has 3 aromatic heterocycles. The zero-order valence-corrected chi connectivity index (χ0v) is 31.2. The number of thiophene rings is 1. The van der Waals surface area contributed by atoms with E-state index in [9.17, 15) is 9.59 Å². The molecule has 0 saturated heterocycles. The summed E-state index contributed by atoms with van der Waals surface area (Å²) < 4.78 is 11.9. The van der Waals surface area contributed by atoms with Crippen LogP contribution in [0.5, 0.6) is 0 Å². The van der Waals surface area contributed by atoms with Gasteiger partial charge >= 0.3 is 6.09 Å². The highest BCUT2D eigenvalue weighted by Gasteiger charge is 2.39. The number of methoxy groups -OCH3 is 1. The molecule has 2 N–H and O–H groups in total. The number of ether oxygens (including phenoxy) is 2. The number of hydrogen-bond donors (Lipinski definition) is 2. The van der Waals surface area contributed by atoms with E-state index < -0.39 is 5.60 Å². The number of pyridine rings is 1. The molecule has 5 rings (SSSR count). The minimum Gasteiger partial charge on any atom is -0.444 e. The first-order chi connectivity index (χ1) is 22.6. The van der Waals surface area contributed by atoms with Crippen LogP contribution in [0.2, 0.25) is 0 Å². The van der Waals surface area contributed by atoms with Gasteiger partial charge in [-0.25, -0.2) is 9.78 Å². The quantitative estimate of drug-likeness (QED) is 0.170. The Morgan fingerprint density at radius 2 is 1.70 bits per heavy atom. The molecule has 0 saturated carbocycles. The van der Waals surface area contributed by atoms with Crippen molar-refractivity contribution in [1.82, 2.24) is 20.2 Å². The summed E-state index contributed by atoms with van der Waals surface area (Å²) in [5.41, 5.74) is 4.55. The van der Waals surface area contributed by atoms with Gasteiger partial charge in [-0.1, -0.05) is 33.8 Å². The van der Waals surface area contributed by atoms with Crippen LogP contribution in [0.15, 0.2) is 42.7 Å². The molecule has 2 amide bonds. The fourth-order valence-electron chi connectivity index (χ4n) is 5.34. The van der Waals surface area contributed by atoms with Crippen LogP contribution in [-0.2, 0) is 20.7 Å². The second-order valence-corrected chi connectivity index (χ2v) is 13.8. The lowest BCUT2D eigenvalue weighted by Crippen LogP contribution is -2.46. The summed E-state index contributed by atoms with van der Waals surface area (Å²) in [7, 11) is 1.66. The van der Waals surface area contributed by atoms with Crippen LogP contribution in [0.25, 0.3) is 31.9 Å². The molecule has 47 heavy (non-hydrogen) atoms. The topological polar surface area (TPSA) is 106 Å². The standard InChI is InChI=1S/C32H39N5O4S2.2C2H6/c1-19-17-23-27(29-35-24-18-22(7-8-25(24)42-29)21-9-12-33-13-10-21)30(36-26(38)11-14-34-15-16-40-6)43-28(23)20(2)37(19)31(39)41-32(3,4)5;2*1-2/h7-10,12-13,18-20,34H,11,14-17H2,1-6H3,(H,36,38);2*1-2H3. The van der Waals surface area contributed by atoms with E-state index in [4.69, 9.17) is 14.5 Å². The van der Waals surface area contributed by atoms with Crippen molar-refractivity contribution in [3.8, 4) is 21.7 Å². The van der Waals surface area contributed by atoms with E-state index in [0.717, 1.165) is 47.4 Å². The van der Waals surface area contributed by atoms with E-state index in [-0.39, 0.29) is 24.1 Å². The van der Waals surface area contributed by atoms with Crippen LogP contribution < -0.4 is 10.6 Å². The largest absolute Gasteiger partial charge is 0.444 e. The zero-order valence-electron chi connectivity index (χ0n) is 29.5. The molecule has 0 radical (unpaired) electrons. The lowest BCUT2D eigenvalue weighted by atomic mass is 9.93. The Bertz CT molecular complexity index is 1600. The van der Waals surface area contributed by atoms with Gasteiger partial charge in [0.2, 0.25) is 5.91 Å². The molecule has 2 atom stereocenters. The van der Waals surface area contributed by atoms with E-state index in [1.807, 2.05) is 79.3 Å². The average molecular weight is 682 g/mol. The Kier molecular flexibility index (Phi) is 14.3. The highest BCUT2D eigenvalue weighted by Crippen LogP contribution is 2.50. The first kappa shape index (κ1) is 38.1. The second kappa shape index (κ2) is 17.7. The van der Waals surface area contributed by atoms with Gasteiger partial charge < -0.3 is 20.1 Å². The molecule has 0 aliphatic carbocycles. The van der Waals surface area contributed by atoms with E-state index in [1.54, 1.807) is 30.8 Å².